The van der Waals surface area contributed by atoms with Gasteiger partial charge in [0, 0.05) is 24.7 Å². The molecule has 0 bridgehead atoms. The highest BCUT2D eigenvalue weighted by molar-refractivity contribution is 7.89. The summed E-state index contributed by atoms with van der Waals surface area (Å²) in [5.41, 5.74) is 0.935. The van der Waals surface area contributed by atoms with E-state index in [0.717, 1.165) is 5.56 Å². The van der Waals surface area contributed by atoms with Crippen LogP contribution in [0.25, 0.3) is 0 Å². The SMILES string of the molecule is NS(=O)(=O)CC1CCN(C(=O)NCc2cccc(Cl)c2)CC1. The largest absolute Gasteiger partial charge is 0.334 e. The third kappa shape index (κ3) is 5.47. The lowest BCUT2D eigenvalue weighted by Gasteiger charge is -2.31. The Kier molecular flexibility index (Phi) is 5.66. The van der Waals surface area contributed by atoms with Crippen molar-refractivity contribution in [1.82, 2.24) is 10.2 Å². The van der Waals surface area contributed by atoms with Crippen LogP contribution >= 0.6 is 11.6 Å². The molecule has 0 radical (unpaired) electrons. The maximum atomic E-state index is 12.1. The molecule has 1 aliphatic rings. The van der Waals surface area contributed by atoms with Gasteiger partial charge < -0.3 is 10.2 Å². The number of likely N-dealkylation sites (tertiary alicyclic amines) is 1. The van der Waals surface area contributed by atoms with Gasteiger partial charge in [-0.15, -0.1) is 0 Å². The molecule has 22 heavy (non-hydrogen) atoms. The monoisotopic (exact) mass is 345 g/mol. The Bertz CT molecular complexity index is 628. The zero-order chi connectivity index (χ0) is 16.2. The number of hydrogen-bond acceptors (Lipinski definition) is 3. The molecular formula is C14H20ClN3O3S. The second-order valence-corrected chi connectivity index (χ2v) is 7.64. The predicted molar refractivity (Wildman–Crippen MR) is 86.0 cm³/mol. The van der Waals surface area contributed by atoms with E-state index in [0.29, 0.717) is 37.5 Å². The van der Waals surface area contributed by atoms with Gasteiger partial charge in [0.05, 0.1) is 5.75 Å². The van der Waals surface area contributed by atoms with Crippen molar-refractivity contribution in [2.45, 2.75) is 19.4 Å². The number of primary sulfonamides is 1. The van der Waals surface area contributed by atoms with Crippen LogP contribution in [0.4, 0.5) is 4.79 Å². The quantitative estimate of drug-likeness (QED) is 0.867. The van der Waals surface area contributed by atoms with Crippen LogP contribution in [0.3, 0.4) is 0 Å². The molecule has 0 saturated carbocycles. The van der Waals surface area contributed by atoms with E-state index in [1.807, 2.05) is 12.1 Å². The minimum Gasteiger partial charge on any atom is -0.334 e. The lowest BCUT2D eigenvalue weighted by Crippen LogP contribution is -2.45. The number of amides is 2. The number of rotatable bonds is 4. The molecule has 1 fully saturated rings. The van der Waals surface area contributed by atoms with Crippen molar-refractivity contribution in [3.8, 4) is 0 Å². The third-order valence-electron chi connectivity index (χ3n) is 3.70. The molecule has 1 aromatic rings. The number of nitrogens with two attached hydrogens (primary N) is 1. The summed E-state index contributed by atoms with van der Waals surface area (Å²) in [5, 5.41) is 8.53. The maximum absolute atomic E-state index is 12.1. The van der Waals surface area contributed by atoms with Gasteiger partial charge in [0.15, 0.2) is 0 Å². The Morgan fingerprint density at radius 1 is 1.36 bits per heavy atom. The number of piperidine rings is 1. The van der Waals surface area contributed by atoms with Crippen LogP contribution in [-0.2, 0) is 16.6 Å². The minimum atomic E-state index is -3.44. The zero-order valence-electron chi connectivity index (χ0n) is 12.2. The summed E-state index contributed by atoms with van der Waals surface area (Å²) in [5.74, 6) is 0.0253. The first-order valence-corrected chi connectivity index (χ1v) is 9.20. The van der Waals surface area contributed by atoms with Crippen molar-refractivity contribution in [2.75, 3.05) is 18.8 Å². The minimum absolute atomic E-state index is 0.00895. The number of sulfonamides is 1. The number of hydrogen-bond donors (Lipinski definition) is 2. The van der Waals surface area contributed by atoms with E-state index in [-0.39, 0.29) is 17.7 Å². The Morgan fingerprint density at radius 2 is 2.05 bits per heavy atom. The molecule has 8 heteroatoms. The molecule has 0 spiro atoms. The summed E-state index contributed by atoms with van der Waals surface area (Å²) >= 11 is 5.90. The summed E-state index contributed by atoms with van der Waals surface area (Å²) in [7, 11) is -3.44. The molecule has 0 atom stereocenters. The number of nitrogens with zero attached hydrogens (tertiary/aromatic N) is 1. The van der Waals surface area contributed by atoms with Gasteiger partial charge >= 0.3 is 6.03 Å². The normalized spacial score (nSPS) is 16.5. The summed E-state index contributed by atoms with van der Waals surface area (Å²) < 4.78 is 22.2. The van der Waals surface area contributed by atoms with Crippen LogP contribution in [0.2, 0.25) is 5.02 Å². The van der Waals surface area contributed by atoms with Crippen LogP contribution in [0.15, 0.2) is 24.3 Å². The van der Waals surface area contributed by atoms with Gasteiger partial charge in [0.2, 0.25) is 10.0 Å². The second-order valence-electron chi connectivity index (χ2n) is 5.55. The van der Waals surface area contributed by atoms with E-state index < -0.39 is 10.0 Å². The topological polar surface area (TPSA) is 92.5 Å². The average molecular weight is 346 g/mol. The second kappa shape index (κ2) is 7.30. The molecule has 122 valence electrons. The molecule has 1 aliphatic heterocycles. The highest BCUT2D eigenvalue weighted by Crippen LogP contribution is 2.18. The van der Waals surface area contributed by atoms with Crippen LogP contribution in [0.1, 0.15) is 18.4 Å². The van der Waals surface area contributed by atoms with Gasteiger partial charge in [-0.2, -0.15) is 0 Å². The molecule has 0 aromatic heterocycles. The highest BCUT2D eigenvalue weighted by Gasteiger charge is 2.25. The molecule has 0 aliphatic carbocycles. The van der Waals surface area contributed by atoms with E-state index in [4.69, 9.17) is 16.7 Å². The zero-order valence-corrected chi connectivity index (χ0v) is 13.7. The highest BCUT2D eigenvalue weighted by atomic mass is 35.5. The smallest absolute Gasteiger partial charge is 0.317 e. The Balaban J connectivity index is 1.78. The molecular weight excluding hydrogens is 326 g/mol. The van der Waals surface area contributed by atoms with Crippen molar-refractivity contribution in [3.63, 3.8) is 0 Å². The van der Waals surface area contributed by atoms with E-state index in [1.54, 1.807) is 17.0 Å². The van der Waals surface area contributed by atoms with Crippen LogP contribution in [0, 0.1) is 5.92 Å². The van der Waals surface area contributed by atoms with Gasteiger partial charge in [-0.1, -0.05) is 23.7 Å². The lowest BCUT2D eigenvalue weighted by molar-refractivity contribution is 0.174. The molecule has 6 nitrogen and oxygen atoms in total. The first kappa shape index (κ1) is 17.1. The van der Waals surface area contributed by atoms with Gasteiger partial charge in [0.1, 0.15) is 0 Å². The predicted octanol–water partition coefficient (Wildman–Crippen LogP) is 1.55. The van der Waals surface area contributed by atoms with E-state index in [9.17, 15) is 13.2 Å². The summed E-state index contributed by atoms with van der Waals surface area (Å²) in [6.45, 7) is 1.50. The Hall–Kier alpha value is -1.31. The third-order valence-corrected chi connectivity index (χ3v) is 4.87. The number of halogens is 1. The van der Waals surface area contributed by atoms with Crippen molar-refractivity contribution in [2.24, 2.45) is 11.1 Å². The fourth-order valence-electron chi connectivity index (χ4n) is 2.57. The molecule has 1 aromatic carbocycles. The average Bonchev–Trinajstić information content (AvgIpc) is 2.44. The molecule has 2 amide bonds. The van der Waals surface area contributed by atoms with Crippen molar-refractivity contribution < 1.29 is 13.2 Å². The number of carbonyl (C=O) groups is 1. The van der Waals surface area contributed by atoms with Gasteiger partial charge in [-0.3, -0.25) is 0 Å². The van der Waals surface area contributed by atoms with E-state index >= 15 is 0 Å². The standard InChI is InChI=1S/C14H20ClN3O3S/c15-13-3-1-2-12(8-13)9-17-14(19)18-6-4-11(5-7-18)10-22(16,20)21/h1-3,8,11H,4-7,9-10H2,(H,17,19)(H2,16,20,21). The van der Waals surface area contributed by atoms with Crippen molar-refractivity contribution in [3.05, 3.63) is 34.9 Å². The maximum Gasteiger partial charge on any atom is 0.317 e. The number of benzene rings is 1. The number of nitrogens with one attached hydrogen (secondary N) is 1. The molecule has 2 rings (SSSR count). The molecule has 1 saturated heterocycles. The van der Waals surface area contributed by atoms with Crippen LogP contribution in [-0.4, -0.2) is 38.2 Å². The first-order valence-electron chi connectivity index (χ1n) is 7.11. The van der Waals surface area contributed by atoms with Crippen molar-refractivity contribution in [1.29, 1.82) is 0 Å². The van der Waals surface area contributed by atoms with Gasteiger partial charge in [0.25, 0.3) is 0 Å². The van der Waals surface area contributed by atoms with Crippen molar-refractivity contribution >= 4 is 27.7 Å². The summed E-state index contributed by atoms with van der Waals surface area (Å²) in [6, 6.07) is 7.17. The van der Waals surface area contributed by atoms with Gasteiger partial charge in [-0.05, 0) is 36.5 Å². The molecule has 3 N–H and O–H groups in total. The van der Waals surface area contributed by atoms with Crippen LogP contribution in [0.5, 0.6) is 0 Å². The molecule has 0 unspecified atom stereocenters. The number of urea groups is 1. The number of carbonyl (C=O) groups excluding carboxylic acids is 1. The fourth-order valence-corrected chi connectivity index (χ4v) is 3.77. The summed E-state index contributed by atoms with van der Waals surface area (Å²) in [6.07, 6.45) is 1.31. The molecule has 1 heterocycles. The van der Waals surface area contributed by atoms with Gasteiger partial charge in [-0.25, -0.2) is 18.4 Å². The van der Waals surface area contributed by atoms with E-state index in [1.165, 1.54) is 0 Å². The Labute approximate surface area is 135 Å². The first-order chi connectivity index (χ1) is 10.3. The summed E-state index contributed by atoms with van der Waals surface area (Å²) in [4.78, 5) is 13.8. The van der Waals surface area contributed by atoms with Crippen LogP contribution < -0.4 is 10.5 Å². The Morgan fingerprint density at radius 3 is 2.64 bits per heavy atom. The fraction of sp³-hybridized carbons (Fsp3) is 0.500. The lowest BCUT2D eigenvalue weighted by atomic mass is 9.99. The van der Waals surface area contributed by atoms with E-state index in [2.05, 4.69) is 5.32 Å².